The molecule has 1 aliphatic rings. The van der Waals surface area contributed by atoms with Crippen molar-refractivity contribution in [3.63, 3.8) is 0 Å². The molecule has 0 aromatic carbocycles. The molecular weight excluding hydrogens is 320 g/mol. The minimum Gasteiger partial charge on any atom is -0.301 e. The van der Waals surface area contributed by atoms with Crippen molar-refractivity contribution in [2.24, 2.45) is 0 Å². The zero-order valence-corrected chi connectivity index (χ0v) is 15.4. The quantitative estimate of drug-likeness (QED) is 0.834. The van der Waals surface area contributed by atoms with Crippen LogP contribution >= 0.6 is 11.3 Å². The standard InChI is InChI=1S/C14H26N4O2S2/c1-5-17-6-8-18(9-7-17)11(2)10-15-22(19,20)14-12(3)16-13(4)21-14/h11,15H,5-10H2,1-4H3/t11-/m0/s1. The number of nitrogens with zero attached hydrogens (tertiary/aromatic N) is 3. The Bertz CT molecular complexity index is 592. The molecule has 1 atom stereocenters. The molecule has 126 valence electrons. The van der Waals surface area contributed by atoms with E-state index in [-0.39, 0.29) is 6.04 Å². The van der Waals surface area contributed by atoms with Gasteiger partial charge in [0.1, 0.15) is 0 Å². The van der Waals surface area contributed by atoms with Crippen LogP contribution in [0.4, 0.5) is 0 Å². The molecule has 1 fully saturated rings. The molecule has 0 spiro atoms. The molecule has 0 saturated carbocycles. The first-order valence-electron chi connectivity index (χ1n) is 7.73. The summed E-state index contributed by atoms with van der Waals surface area (Å²) in [6.07, 6.45) is 0. The second kappa shape index (κ2) is 7.35. The second-order valence-electron chi connectivity index (χ2n) is 5.78. The van der Waals surface area contributed by atoms with Crippen molar-refractivity contribution in [2.45, 2.75) is 37.9 Å². The average molecular weight is 347 g/mol. The maximum atomic E-state index is 12.4. The van der Waals surface area contributed by atoms with E-state index in [0.717, 1.165) is 37.7 Å². The van der Waals surface area contributed by atoms with E-state index in [9.17, 15) is 8.42 Å². The van der Waals surface area contributed by atoms with Gasteiger partial charge in [-0.2, -0.15) is 0 Å². The predicted molar refractivity (Wildman–Crippen MR) is 89.9 cm³/mol. The number of rotatable bonds is 6. The van der Waals surface area contributed by atoms with Gasteiger partial charge >= 0.3 is 0 Å². The third kappa shape index (κ3) is 4.26. The van der Waals surface area contributed by atoms with Crippen LogP contribution in [0.3, 0.4) is 0 Å². The van der Waals surface area contributed by atoms with Gasteiger partial charge in [-0.3, -0.25) is 4.90 Å². The van der Waals surface area contributed by atoms with Crippen LogP contribution in [0.1, 0.15) is 24.5 Å². The molecule has 2 heterocycles. The molecule has 0 unspecified atom stereocenters. The number of aromatic nitrogens is 1. The van der Waals surface area contributed by atoms with Crippen LogP contribution in [0.15, 0.2) is 4.21 Å². The largest absolute Gasteiger partial charge is 0.301 e. The molecule has 1 aliphatic heterocycles. The van der Waals surface area contributed by atoms with Crippen LogP contribution in [-0.4, -0.2) is 68.5 Å². The number of aryl methyl sites for hydroxylation is 2. The van der Waals surface area contributed by atoms with Crippen molar-refractivity contribution >= 4 is 21.4 Å². The summed E-state index contributed by atoms with van der Waals surface area (Å²) in [6, 6.07) is 0.197. The van der Waals surface area contributed by atoms with Crippen molar-refractivity contribution < 1.29 is 8.42 Å². The Balaban J connectivity index is 1.90. The normalized spacial score (nSPS) is 19.5. The summed E-state index contributed by atoms with van der Waals surface area (Å²) in [5.74, 6) is 0. The Morgan fingerprint density at radius 2 is 1.91 bits per heavy atom. The monoisotopic (exact) mass is 346 g/mol. The lowest BCUT2D eigenvalue weighted by Gasteiger charge is -2.37. The molecular formula is C14H26N4O2S2. The fraction of sp³-hybridized carbons (Fsp3) is 0.786. The lowest BCUT2D eigenvalue weighted by atomic mass is 10.2. The Labute approximate surface area is 137 Å². The Hall–Kier alpha value is -0.540. The molecule has 0 aliphatic carbocycles. The molecule has 0 radical (unpaired) electrons. The van der Waals surface area contributed by atoms with Crippen LogP contribution in [0.2, 0.25) is 0 Å². The molecule has 2 rings (SSSR count). The van der Waals surface area contributed by atoms with E-state index >= 15 is 0 Å². The number of piperazine rings is 1. The van der Waals surface area contributed by atoms with Gasteiger partial charge in [0.2, 0.25) is 0 Å². The van der Waals surface area contributed by atoms with Gasteiger partial charge in [0.05, 0.1) is 10.7 Å². The number of likely N-dealkylation sites (N-methyl/N-ethyl adjacent to an activating group) is 1. The minimum absolute atomic E-state index is 0.197. The minimum atomic E-state index is -3.45. The van der Waals surface area contributed by atoms with Crippen LogP contribution in [0, 0.1) is 13.8 Å². The molecule has 1 aromatic rings. The van der Waals surface area contributed by atoms with E-state index in [0.29, 0.717) is 16.4 Å². The van der Waals surface area contributed by atoms with Gasteiger partial charge in [-0.1, -0.05) is 6.92 Å². The predicted octanol–water partition coefficient (Wildman–Crippen LogP) is 1.06. The van der Waals surface area contributed by atoms with Gasteiger partial charge < -0.3 is 4.90 Å². The molecule has 0 bridgehead atoms. The lowest BCUT2D eigenvalue weighted by Crippen LogP contribution is -2.52. The van der Waals surface area contributed by atoms with E-state index in [1.807, 2.05) is 6.92 Å². The molecule has 8 heteroatoms. The SMILES string of the molecule is CCN1CCN([C@@H](C)CNS(=O)(=O)c2sc(C)nc2C)CC1. The summed E-state index contributed by atoms with van der Waals surface area (Å²) < 4.78 is 27.8. The van der Waals surface area contributed by atoms with Crippen LogP contribution < -0.4 is 4.72 Å². The highest BCUT2D eigenvalue weighted by Gasteiger charge is 2.24. The van der Waals surface area contributed by atoms with Crippen LogP contribution in [-0.2, 0) is 10.0 Å². The number of nitrogens with one attached hydrogen (secondary N) is 1. The third-order valence-electron chi connectivity index (χ3n) is 4.15. The second-order valence-corrected chi connectivity index (χ2v) is 8.94. The molecule has 1 saturated heterocycles. The fourth-order valence-electron chi connectivity index (χ4n) is 2.71. The first-order valence-corrected chi connectivity index (χ1v) is 10.0. The molecule has 6 nitrogen and oxygen atoms in total. The first kappa shape index (κ1) is 17.8. The Morgan fingerprint density at radius 1 is 1.27 bits per heavy atom. The fourth-order valence-corrected chi connectivity index (χ4v) is 5.36. The Kier molecular flexibility index (Phi) is 5.95. The van der Waals surface area contributed by atoms with Gasteiger partial charge in [0, 0.05) is 38.8 Å². The van der Waals surface area contributed by atoms with E-state index in [1.54, 1.807) is 6.92 Å². The number of hydrogen-bond acceptors (Lipinski definition) is 6. The van der Waals surface area contributed by atoms with Gasteiger partial charge in [-0.15, -0.1) is 11.3 Å². The van der Waals surface area contributed by atoms with Crippen LogP contribution in [0.5, 0.6) is 0 Å². The molecule has 1 N–H and O–H groups in total. The number of hydrogen-bond donors (Lipinski definition) is 1. The highest BCUT2D eigenvalue weighted by Crippen LogP contribution is 2.22. The smallest absolute Gasteiger partial charge is 0.251 e. The van der Waals surface area contributed by atoms with E-state index < -0.39 is 10.0 Å². The Morgan fingerprint density at radius 3 is 2.41 bits per heavy atom. The zero-order chi connectivity index (χ0) is 16.3. The lowest BCUT2D eigenvalue weighted by molar-refractivity contribution is 0.107. The van der Waals surface area contributed by atoms with Crippen molar-refractivity contribution in [1.82, 2.24) is 19.5 Å². The highest BCUT2D eigenvalue weighted by molar-refractivity contribution is 7.91. The number of thiazole rings is 1. The third-order valence-corrected chi connectivity index (χ3v) is 7.26. The van der Waals surface area contributed by atoms with Crippen molar-refractivity contribution in [3.8, 4) is 0 Å². The van der Waals surface area contributed by atoms with Crippen molar-refractivity contribution in [3.05, 3.63) is 10.7 Å². The summed E-state index contributed by atoms with van der Waals surface area (Å²) in [5.41, 5.74) is 0.583. The molecule has 1 aromatic heterocycles. The highest BCUT2D eigenvalue weighted by atomic mass is 32.2. The average Bonchev–Trinajstić information content (AvgIpc) is 2.84. The van der Waals surface area contributed by atoms with E-state index in [2.05, 4.69) is 33.4 Å². The summed E-state index contributed by atoms with van der Waals surface area (Å²) in [4.78, 5) is 8.96. The van der Waals surface area contributed by atoms with E-state index in [4.69, 9.17) is 0 Å². The van der Waals surface area contributed by atoms with Gasteiger partial charge in [-0.25, -0.2) is 18.1 Å². The topological polar surface area (TPSA) is 65.5 Å². The maximum Gasteiger partial charge on any atom is 0.251 e. The van der Waals surface area contributed by atoms with Gasteiger partial charge in [0.15, 0.2) is 4.21 Å². The summed E-state index contributed by atoms with van der Waals surface area (Å²) in [5, 5.41) is 0.779. The maximum absolute atomic E-state index is 12.4. The number of sulfonamides is 1. The van der Waals surface area contributed by atoms with E-state index in [1.165, 1.54) is 11.3 Å². The van der Waals surface area contributed by atoms with Gasteiger partial charge in [0.25, 0.3) is 10.0 Å². The molecule has 22 heavy (non-hydrogen) atoms. The molecule has 0 amide bonds. The van der Waals surface area contributed by atoms with Crippen molar-refractivity contribution in [2.75, 3.05) is 39.3 Å². The van der Waals surface area contributed by atoms with Crippen LogP contribution in [0.25, 0.3) is 0 Å². The summed E-state index contributed by atoms with van der Waals surface area (Å²) >= 11 is 1.23. The summed E-state index contributed by atoms with van der Waals surface area (Å²) in [6.45, 7) is 13.4. The first-order chi connectivity index (χ1) is 10.3. The summed E-state index contributed by atoms with van der Waals surface area (Å²) in [7, 11) is -3.45. The van der Waals surface area contributed by atoms with Gasteiger partial charge in [-0.05, 0) is 27.3 Å². The zero-order valence-electron chi connectivity index (χ0n) is 13.8. The van der Waals surface area contributed by atoms with Crippen molar-refractivity contribution in [1.29, 1.82) is 0 Å².